The summed E-state index contributed by atoms with van der Waals surface area (Å²) in [7, 11) is 0. The highest BCUT2D eigenvalue weighted by molar-refractivity contribution is 6.21. The number of fused-ring (bicyclic) bond motifs is 6. The third kappa shape index (κ3) is 1.42. The van der Waals surface area contributed by atoms with Crippen molar-refractivity contribution in [3.05, 3.63) is 47.5 Å². The molecule has 2 aromatic carbocycles. The number of rotatable bonds is 0. The highest BCUT2D eigenvalue weighted by atomic mass is 16.5. The summed E-state index contributed by atoms with van der Waals surface area (Å²) in [4.78, 5) is 41.1. The molecule has 0 N–H and O–H groups in total. The lowest BCUT2D eigenvalue weighted by Crippen LogP contribution is -2.62. The molecule has 2 saturated carbocycles. The molecule has 4 bridgehead atoms. The van der Waals surface area contributed by atoms with Crippen LogP contribution < -0.4 is 0 Å². The first-order valence-electron chi connectivity index (χ1n) is 10.7. The summed E-state index contributed by atoms with van der Waals surface area (Å²) in [6.07, 6.45) is 1.77. The third-order valence-electron chi connectivity index (χ3n) is 9.47. The zero-order valence-electron chi connectivity index (χ0n) is 16.5. The van der Waals surface area contributed by atoms with Crippen molar-refractivity contribution >= 4 is 28.1 Å². The van der Waals surface area contributed by atoms with Crippen molar-refractivity contribution in [1.29, 1.82) is 0 Å². The first kappa shape index (κ1) is 16.5. The SMILES string of the molecule is CC1(C)C2CCC13C(=O)C1OC3(C2)C2C(=O)c3cc4ccccc4cc3C(=O)C12. The van der Waals surface area contributed by atoms with Crippen LogP contribution in [0.15, 0.2) is 36.4 Å². The number of carbonyl (C=O) groups is 3. The number of ketones is 3. The van der Waals surface area contributed by atoms with E-state index in [1.165, 1.54) is 0 Å². The monoisotopic (exact) mass is 386 g/mol. The minimum atomic E-state index is -0.790. The topological polar surface area (TPSA) is 60.4 Å². The number of hydrogen-bond acceptors (Lipinski definition) is 4. The summed E-state index contributed by atoms with van der Waals surface area (Å²) in [5, 5.41) is 1.91. The zero-order valence-corrected chi connectivity index (χ0v) is 16.5. The van der Waals surface area contributed by atoms with Crippen LogP contribution in [0.1, 0.15) is 53.8 Å². The van der Waals surface area contributed by atoms with Gasteiger partial charge in [-0.05, 0) is 53.5 Å². The number of carbonyl (C=O) groups excluding carboxylic acids is 3. The van der Waals surface area contributed by atoms with Crippen LogP contribution in [0.25, 0.3) is 10.8 Å². The van der Waals surface area contributed by atoms with Crippen molar-refractivity contribution in [1.82, 2.24) is 0 Å². The molecule has 29 heavy (non-hydrogen) atoms. The summed E-state index contributed by atoms with van der Waals surface area (Å²) < 4.78 is 6.48. The van der Waals surface area contributed by atoms with Crippen LogP contribution >= 0.6 is 0 Å². The van der Waals surface area contributed by atoms with E-state index in [0.29, 0.717) is 17.0 Å². The van der Waals surface area contributed by atoms with Crippen LogP contribution in [0.2, 0.25) is 0 Å². The molecule has 0 radical (unpaired) electrons. The largest absolute Gasteiger partial charge is 0.361 e. The van der Waals surface area contributed by atoms with Crippen LogP contribution in [0.4, 0.5) is 0 Å². The van der Waals surface area contributed by atoms with Crippen LogP contribution in [0, 0.1) is 28.6 Å². The number of hydrogen-bond donors (Lipinski definition) is 0. The van der Waals surface area contributed by atoms with E-state index in [1.807, 2.05) is 36.4 Å². The lowest BCUT2D eigenvalue weighted by molar-refractivity contribution is -0.138. The fraction of sp³-hybridized carbons (Fsp3) is 0.480. The second-order valence-electron chi connectivity index (χ2n) is 10.3. The minimum absolute atomic E-state index is 0.00748. The zero-order chi connectivity index (χ0) is 19.9. The molecule has 5 aliphatic rings. The summed E-state index contributed by atoms with van der Waals surface area (Å²) in [5.74, 6) is -0.782. The van der Waals surface area contributed by atoms with Crippen molar-refractivity contribution in [3.8, 4) is 0 Å². The quantitative estimate of drug-likeness (QED) is 0.687. The molecule has 2 heterocycles. The van der Waals surface area contributed by atoms with E-state index in [0.717, 1.165) is 30.0 Å². The van der Waals surface area contributed by atoms with Gasteiger partial charge >= 0.3 is 0 Å². The van der Waals surface area contributed by atoms with Gasteiger partial charge in [-0.15, -0.1) is 0 Å². The van der Waals surface area contributed by atoms with E-state index < -0.39 is 29.0 Å². The van der Waals surface area contributed by atoms with Gasteiger partial charge in [0, 0.05) is 11.1 Å². The second kappa shape index (κ2) is 4.54. The average molecular weight is 386 g/mol. The Morgan fingerprint density at radius 3 is 2.28 bits per heavy atom. The second-order valence-corrected chi connectivity index (χ2v) is 10.3. The maximum absolute atomic E-state index is 13.9. The number of benzene rings is 2. The fourth-order valence-electron chi connectivity index (χ4n) is 8.22. The van der Waals surface area contributed by atoms with E-state index in [2.05, 4.69) is 13.8 Å². The molecular weight excluding hydrogens is 364 g/mol. The Morgan fingerprint density at radius 1 is 0.966 bits per heavy atom. The van der Waals surface area contributed by atoms with Crippen LogP contribution in [0.5, 0.6) is 0 Å². The molecule has 2 spiro atoms. The molecule has 7 rings (SSSR count). The molecule has 146 valence electrons. The normalized spacial score (nSPS) is 43.0. The molecule has 4 heteroatoms. The van der Waals surface area contributed by atoms with E-state index >= 15 is 0 Å². The maximum atomic E-state index is 13.9. The van der Waals surface area contributed by atoms with Gasteiger partial charge in [-0.2, -0.15) is 0 Å². The molecule has 6 unspecified atom stereocenters. The summed E-state index contributed by atoms with van der Waals surface area (Å²) in [6.45, 7) is 4.35. The molecule has 0 aromatic heterocycles. The highest BCUT2D eigenvalue weighted by Gasteiger charge is 2.87. The third-order valence-corrected chi connectivity index (χ3v) is 9.47. The van der Waals surface area contributed by atoms with Gasteiger partial charge in [0.25, 0.3) is 0 Å². The van der Waals surface area contributed by atoms with Crippen molar-refractivity contribution in [2.75, 3.05) is 0 Å². The van der Waals surface area contributed by atoms with Crippen molar-refractivity contribution in [2.45, 2.75) is 44.8 Å². The fourth-order valence-corrected chi connectivity index (χ4v) is 8.22. The highest BCUT2D eigenvalue weighted by Crippen LogP contribution is 2.80. The molecule has 2 aliphatic heterocycles. The van der Waals surface area contributed by atoms with Gasteiger partial charge in [0.1, 0.15) is 6.10 Å². The molecule has 0 amide bonds. The van der Waals surface area contributed by atoms with Crippen molar-refractivity contribution in [3.63, 3.8) is 0 Å². The summed E-state index contributed by atoms with van der Waals surface area (Å²) >= 11 is 0. The smallest absolute Gasteiger partial charge is 0.171 e. The van der Waals surface area contributed by atoms with E-state index in [4.69, 9.17) is 4.74 Å². The van der Waals surface area contributed by atoms with E-state index in [9.17, 15) is 14.4 Å². The first-order chi connectivity index (χ1) is 13.8. The predicted molar refractivity (Wildman–Crippen MR) is 106 cm³/mol. The van der Waals surface area contributed by atoms with Crippen molar-refractivity contribution in [2.24, 2.45) is 28.6 Å². The number of ether oxygens (including phenoxy) is 1. The molecule has 6 atom stereocenters. The van der Waals surface area contributed by atoms with Gasteiger partial charge in [-0.25, -0.2) is 0 Å². The Labute approximate surface area is 168 Å². The lowest BCUT2D eigenvalue weighted by atomic mass is 9.49. The minimum Gasteiger partial charge on any atom is -0.361 e. The Kier molecular flexibility index (Phi) is 2.58. The van der Waals surface area contributed by atoms with Crippen LogP contribution in [0.3, 0.4) is 0 Å². The van der Waals surface area contributed by atoms with Crippen LogP contribution in [-0.4, -0.2) is 29.1 Å². The molecule has 2 aromatic rings. The standard InChI is InChI=1S/C25H22O4/c1-23(2)14-7-8-24(23)22(28)21-17-18(25(24,11-14)29-21)20(27)16-10-13-6-4-3-5-12(13)9-15(16)19(17)26/h3-6,9-10,14,17-18,21H,7-8,11H2,1-2H3. The molecule has 4 fully saturated rings. The van der Waals surface area contributed by atoms with E-state index in [1.54, 1.807) is 0 Å². The van der Waals surface area contributed by atoms with Crippen molar-refractivity contribution < 1.29 is 19.1 Å². The Balaban J connectivity index is 1.49. The van der Waals surface area contributed by atoms with Gasteiger partial charge in [0.05, 0.1) is 22.9 Å². The molecule has 4 nitrogen and oxygen atoms in total. The van der Waals surface area contributed by atoms with Gasteiger partial charge in [-0.1, -0.05) is 38.1 Å². The first-order valence-corrected chi connectivity index (χ1v) is 10.7. The molecule has 3 aliphatic carbocycles. The van der Waals surface area contributed by atoms with Gasteiger partial charge < -0.3 is 4.74 Å². The van der Waals surface area contributed by atoms with Gasteiger partial charge in [0.2, 0.25) is 0 Å². The van der Waals surface area contributed by atoms with Crippen LogP contribution in [-0.2, 0) is 9.53 Å². The Hall–Kier alpha value is -2.33. The van der Waals surface area contributed by atoms with Gasteiger partial charge in [0.15, 0.2) is 17.3 Å². The average Bonchev–Trinajstić information content (AvgIpc) is 3.33. The Bertz CT molecular complexity index is 1190. The van der Waals surface area contributed by atoms with Gasteiger partial charge in [-0.3, -0.25) is 14.4 Å². The maximum Gasteiger partial charge on any atom is 0.171 e. The lowest BCUT2D eigenvalue weighted by Gasteiger charge is -2.49. The summed E-state index contributed by atoms with van der Waals surface area (Å²) in [6, 6.07) is 11.5. The molecule has 2 saturated heterocycles. The predicted octanol–water partition coefficient (Wildman–Crippen LogP) is 4.00. The summed E-state index contributed by atoms with van der Waals surface area (Å²) in [5.41, 5.74) is -0.602. The number of Topliss-reactive ketones (excluding diaryl/α,β-unsaturated/α-hetero) is 3. The van der Waals surface area contributed by atoms with E-state index in [-0.39, 0.29) is 22.8 Å². The molecular formula is C25H22O4. The Morgan fingerprint density at radius 2 is 1.62 bits per heavy atom.